The Morgan fingerprint density at radius 2 is 1.84 bits per heavy atom. The van der Waals surface area contributed by atoms with E-state index in [9.17, 15) is 23.1 Å². The van der Waals surface area contributed by atoms with Crippen molar-refractivity contribution in [3.05, 3.63) is 59.7 Å². The number of ether oxygens (including phenoxy) is 1. The number of nitrogens with zero attached hydrogens (tertiary/aromatic N) is 1. The first-order valence-electron chi connectivity index (χ1n) is 10.5. The second-order valence-electron chi connectivity index (χ2n) is 8.76. The number of sulfone groups is 1. The quantitative estimate of drug-likeness (QED) is 0.682. The van der Waals surface area contributed by atoms with Crippen molar-refractivity contribution < 1.29 is 27.9 Å². The summed E-state index contributed by atoms with van der Waals surface area (Å²) >= 11 is 0. The Bertz CT molecular complexity index is 1090. The molecule has 1 aliphatic heterocycles. The van der Waals surface area contributed by atoms with Gasteiger partial charge in [-0.1, -0.05) is 24.3 Å². The standard InChI is InChI=1S/C24H29NO6S/c1-24(2,23(27)28)31-20-8-4-6-18(15-20)19-7-5-13-25(16-19)22(26)14-17-9-11-21(12-10-17)32(3,29)30/h4,6,8-12,15,19H,5,7,13-14,16H2,1-3H3,(H,27,28). The zero-order valence-electron chi connectivity index (χ0n) is 18.6. The largest absolute Gasteiger partial charge is 0.478 e. The predicted octanol–water partition coefficient (Wildman–Crippen LogP) is 3.28. The summed E-state index contributed by atoms with van der Waals surface area (Å²) in [5, 5.41) is 9.29. The number of aliphatic carboxylic acids is 1. The van der Waals surface area contributed by atoms with Gasteiger partial charge in [-0.3, -0.25) is 4.79 Å². The number of benzene rings is 2. The van der Waals surface area contributed by atoms with Gasteiger partial charge < -0.3 is 14.7 Å². The van der Waals surface area contributed by atoms with Gasteiger partial charge in [0.25, 0.3) is 0 Å². The monoisotopic (exact) mass is 459 g/mol. The fraction of sp³-hybridized carbons (Fsp3) is 0.417. The van der Waals surface area contributed by atoms with Gasteiger partial charge >= 0.3 is 5.97 Å². The third-order valence-corrected chi connectivity index (χ3v) is 6.83. The highest BCUT2D eigenvalue weighted by molar-refractivity contribution is 7.90. The Morgan fingerprint density at radius 3 is 2.47 bits per heavy atom. The number of carbonyl (C=O) groups is 2. The Labute approximate surface area is 188 Å². The third-order valence-electron chi connectivity index (χ3n) is 5.70. The molecule has 0 saturated carbocycles. The number of carbonyl (C=O) groups excluding carboxylic acids is 1. The minimum Gasteiger partial charge on any atom is -0.478 e. The van der Waals surface area contributed by atoms with Crippen molar-refractivity contribution in [3.63, 3.8) is 0 Å². The maximum Gasteiger partial charge on any atom is 0.347 e. The number of hydrogen-bond donors (Lipinski definition) is 1. The van der Waals surface area contributed by atoms with Gasteiger partial charge in [0.1, 0.15) is 5.75 Å². The van der Waals surface area contributed by atoms with E-state index in [0.29, 0.717) is 18.8 Å². The number of carboxylic acids is 1. The molecule has 7 nitrogen and oxygen atoms in total. The minimum atomic E-state index is -3.26. The van der Waals surface area contributed by atoms with E-state index in [1.54, 1.807) is 18.2 Å². The van der Waals surface area contributed by atoms with Crippen LogP contribution < -0.4 is 4.74 Å². The minimum absolute atomic E-state index is 0.00113. The molecule has 0 spiro atoms. The molecule has 8 heteroatoms. The topological polar surface area (TPSA) is 101 Å². The maximum absolute atomic E-state index is 12.9. The van der Waals surface area contributed by atoms with E-state index in [-0.39, 0.29) is 23.1 Å². The number of rotatable bonds is 7. The molecule has 3 rings (SSSR count). The fourth-order valence-corrected chi connectivity index (χ4v) is 4.42. The normalized spacial score (nSPS) is 17.1. The van der Waals surface area contributed by atoms with E-state index in [4.69, 9.17) is 4.74 Å². The van der Waals surface area contributed by atoms with Crippen LogP contribution in [0, 0.1) is 0 Å². The lowest BCUT2D eigenvalue weighted by Crippen LogP contribution is -2.40. The molecule has 0 bridgehead atoms. The highest BCUT2D eigenvalue weighted by Gasteiger charge is 2.30. The first-order valence-corrected chi connectivity index (χ1v) is 12.4. The van der Waals surface area contributed by atoms with Gasteiger partial charge in [-0.25, -0.2) is 13.2 Å². The smallest absolute Gasteiger partial charge is 0.347 e. The Kier molecular flexibility index (Phi) is 6.93. The number of piperidine rings is 1. The van der Waals surface area contributed by atoms with Crippen molar-refractivity contribution in [2.45, 2.75) is 49.5 Å². The van der Waals surface area contributed by atoms with E-state index < -0.39 is 21.4 Å². The Hall–Kier alpha value is -2.87. The van der Waals surface area contributed by atoms with Crippen LogP contribution in [0.3, 0.4) is 0 Å². The molecular weight excluding hydrogens is 430 g/mol. The number of carboxylic acid groups (broad SMARTS) is 1. The van der Waals surface area contributed by atoms with Gasteiger partial charge in [-0.2, -0.15) is 0 Å². The van der Waals surface area contributed by atoms with Crippen LogP contribution in [0.5, 0.6) is 5.75 Å². The average Bonchev–Trinajstić information content (AvgIpc) is 2.73. The zero-order valence-corrected chi connectivity index (χ0v) is 19.4. The first-order chi connectivity index (χ1) is 15.0. The van der Waals surface area contributed by atoms with Gasteiger partial charge in [0.15, 0.2) is 15.4 Å². The summed E-state index contributed by atoms with van der Waals surface area (Å²) in [5.74, 6) is -0.413. The molecule has 1 amide bonds. The summed E-state index contributed by atoms with van der Waals surface area (Å²) < 4.78 is 28.9. The van der Waals surface area contributed by atoms with Crippen LogP contribution in [0.25, 0.3) is 0 Å². The molecule has 172 valence electrons. The highest BCUT2D eigenvalue weighted by Crippen LogP contribution is 2.30. The second-order valence-corrected chi connectivity index (χ2v) is 10.8. The first kappa shape index (κ1) is 23.8. The molecule has 1 unspecified atom stereocenters. The van der Waals surface area contributed by atoms with Gasteiger partial charge in [0.2, 0.25) is 5.91 Å². The zero-order chi connectivity index (χ0) is 23.5. The lowest BCUT2D eigenvalue weighted by atomic mass is 9.90. The van der Waals surface area contributed by atoms with Crippen LogP contribution in [0.1, 0.15) is 43.7 Å². The number of amides is 1. The Morgan fingerprint density at radius 1 is 1.16 bits per heavy atom. The van der Waals surface area contributed by atoms with Crippen molar-refractivity contribution in [3.8, 4) is 5.75 Å². The second kappa shape index (κ2) is 9.32. The molecular formula is C24H29NO6S. The van der Waals surface area contributed by atoms with Crippen molar-refractivity contribution in [1.29, 1.82) is 0 Å². The average molecular weight is 460 g/mol. The van der Waals surface area contributed by atoms with Crippen LogP contribution in [0.2, 0.25) is 0 Å². The van der Waals surface area contributed by atoms with Gasteiger partial charge in [-0.05, 0) is 62.1 Å². The molecule has 2 aromatic carbocycles. The molecule has 1 atom stereocenters. The Balaban J connectivity index is 1.67. The highest BCUT2D eigenvalue weighted by atomic mass is 32.2. The van der Waals surface area contributed by atoms with Crippen molar-refractivity contribution >= 4 is 21.7 Å². The molecule has 1 heterocycles. The summed E-state index contributed by atoms with van der Waals surface area (Å²) in [6, 6.07) is 13.8. The third kappa shape index (κ3) is 5.88. The number of hydrogen-bond acceptors (Lipinski definition) is 5. The summed E-state index contributed by atoms with van der Waals surface area (Å²) in [7, 11) is -3.26. The molecule has 1 fully saturated rings. The lowest BCUT2D eigenvalue weighted by Gasteiger charge is -2.33. The lowest BCUT2D eigenvalue weighted by molar-refractivity contribution is -0.152. The molecule has 32 heavy (non-hydrogen) atoms. The maximum atomic E-state index is 12.9. The summed E-state index contributed by atoms with van der Waals surface area (Å²) in [6.45, 7) is 4.27. The van der Waals surface area contributed by atoms with Crippen molar-refractivity contribution in [1.82, 2.24) is 4.90 Å². The molecule has 2 aromatic rings. The fourth-order valence-electron chi connectivity index (χ4n) is 3.79. The van der Waals surface area contributed by atoms with E-state index >= 15 is 0 Å². The summed E-state index contributed by atoms with van der Waals surface area (Å²) in [4.78, 5) is 26.3. The molecule has 1 N–H and O–H groups in total. The van der Waals surface area contributed by atoms with E-state index in [1.807, 2.05) is 23.1 Å². The molecule has 0 aromatic heterocycles. The van der Waals surface area contributed by atoms with Gasteiger partial charge in [0, 0.05) is 25.3 Å². The van der Waals surface area contributed by atoms with Gasteiger partial charge in [-0.15, -0.1) is 0 Å². The molecule has 1 saturated heterocycles. The van der Waals surface area contributed by atoms with Crippen LogP contribution in [-0.2, 0) is 25.8 Å². The van der Waals surface area contributed by atoms with Gasteiger partial charge in [0.05, 0.1) is 11.3 Å². The van der Waals surface area contributed by atoms with Crippen LogP contribution in [-0.4, -0.2) is 55.2 Å². The van der Waals surface area contributed by atoms with E-state index in [0.717, 1.165) is 30.2 Å². The van der Waals surface area contributed by atoms with Crippen molar-refractivity contribution in [2.75, 3.05) is 19.3 Å². The summed E-state index contributed by atoms with van der Waals surface area (Å²) in [6.07, 6.45) is 3.17. The van der Waals surface area contributed by atoms with Crippen LogP contribution >= 0.6 is 0 Å². The van der Waals surface area contributed by atoms with Crippen LogP contribution in [0.15, 0.2) is 53.4 Å². The molecule has 0 radical (unpaired) electrons. The summed E-state index contributed by atoms with van der Waals surface area (Å²) in [5.41, 5.74) is 0.453. The van der Waals surface area contributed by atoms with E-state index in [1.165, 1.54) is 26.0 Å². The number of likely N-dealkylation sites (tertiary alicyclic amines) is 1. The SMILES string of the molecule is CC(C)(Oc1cccc(C2CCCN(C(=O)Cc3ccc(S(C)(=O)=O)cc3)C2)c1)C(=O)O. The predicted molar refractivity (Wildman–Crippen MR) is 121 cm³/mol. The van der Waals surface area contributed by atoms with E-state index in [2.05, 4.69) is 0 Å². The molecule has 1 aliphatic rings. The molecule has 0 aliphatic carbocycles. The van der Waals surface area contributed by atoms with Crippen LogP contribution in [0.4, 0.5) is 0 Å². The van der Waals surface area contributed by atoms with Crippen molar-refractivity contribution in [2.24, 2.45) is 0 Å².